The molecule has 0 bridgehead atoms. The lowest BCUT2D eigenvalue weighted by Gasteiger charge is -2.44. The number of carbonyl (C=O) groups is 1. The quantitative estimate of drug-likeness (QED) is 0.333. The minimum Gasteiger partial charge on any atom is -0.370 e. The summed E-state index contributed by atoms with van der Waals surface area (Å²) in [6.45, 7) is 11.6. The SMILES string of the molecule is CCc1ccc(N(C)Cc2cnc(Cl)nc2N(C=O)C(C)COS(C)(C)C(C)(C)C)cc1. The molecule has 1 heterocycles. The Morgan fingerprint density at radius 3 is 2.38 bits per heavy atom. The average molecular weight is 481 g/mol. The molecule has 0 N–H and O–H groups in total. The number of hydrogen-bond donors (Lipinski definition) is 0. The van der Waals surface area contributed by atoms with Gasteiger partial charge in [-0.1, -0.05) is 39.8 Å². The first kappa shape index (κ1) is 26.4. The van der Waals surface area contributed by atoms with E-state index in [-0.39, 0.29) is 16.1 Å². The highest BCUT2D eigenvalue weighted by Crippen LogP contribution is 2.53. The third-order valence-corrected chi connectivity index (χ3v) is 9.77. The number of hydrogen-bond acceptors (Lipinski definition) is 5. The van der Waals surface area contributed by atoms with Crippen LogP contribution < -0.4 is 9.80 Å². The van der Waals surface area contributed by atoms with Gasteiger partial charge in [0.25, 0.3) is 0 Å². The smallest absolute Gasteiger partial charge is 0.224 e. The molecule has 2 rings (SSSR count). The molecule has 8 heteroatoms. The summed E-state index contributed by atoms with van der Waals surface area (Å²) in [6.07, 6.45) is 7.79. The fourth-order valence-electron chi connectivity index (χ4n) is 2.93. The zero-order chi connectivity index (χ0) is 24.1. The van der Waals surface area contributed by atoms with E-state index >= 15 is 0 Å². The number of aryl methyl sites for hydroxylation is 1. The minimum absolute atomic E-state index is 0.0398. The third kappa shape index (κ3) is 6.59. The molecule has 32 heavy (non-hydrogen) atoms. The van der Waals surface area contributed by atoms with Crippen molar-refractivity contribution in [3.05, 3.63) is 46.9 Å². The third-order valence-electron chi connectivity index (χ3n) is 5.92. The standard InChI is InChI=1S/C24H37ClN4O2S/c1-9-19-10-12-21(13-11-19)28(6)15-20-14-26-23(25)27-22(20)29(17-30)18(2)16-31-32(7,8)24(3,4)5/h10-14,17-18H,9,15-16H2,1-8H3. The van der Waals surface area contributed by atoms with Crippen molar-refractivity contribution in [3.8, 4) is 0 Å². The minimum atomic E-state index is -1.31. The Kier molecular flexibility index (Phi) is 8.97. The fraction of sp³-hybridized carbons (Fsp3) is 0.542. The summed E-state index contributed by atoms with van der Waals surface area (Å²) < 4.78 is 6.34. The van der Waals surface area contributed by atoms with E-state index in [1.165, 1.54) is 5.56 Å². The van der Waals surface area contributed by atoms with Crippen LogP contribution in [-0.4, -0.2) is 53.3 Å². The molecule has 1 unspecified atom stereocenters. The first-order valence-corrected chi connectivity index (χ1v) is 13.6. The van der Waals surface area contributed by atoms with E-state index in [4.69, 9.17) is 15.8 Å². The Balaban J connectivity index is 2.24. The number of anilines is 2. The van der Waals surface area contributed by atoms with Gasteiger partial charge in [0, 0.05) is 35.8 Å². The average Bonchev–Trinajstić information content (AvgIpc) is 2.73. The lowest BCUT2D eigenvalue weighted by Crippen LogP contribution is -2.38. The van der Waals surface area contributed by atoms with Gasteiger partial charge in [0.05, 0.1) is 12.6 Å². The van der Waals surface area contributed by atoms with Crippen molar-refractivity contribution in [2.24, 2.45) is 0 Å². The molecule has 0 aliphatic heterocycles. The zero-order valence-electron chi connectivity index (χ0n) is 20.6. The predicted molar refractivity (Wildman–Crippen MR) is 138 cm³/mol. The maximum absolute atomic E-state index is 12.1. The Bertz CT molecular complexity index is 900. The van der Waals surface area contributed by atoms with Crippen molar-refractivity contribution in [2.75, 3.05) is 36.0 Å². The van der Waals surface area contributed by atoms with E-state index < -0.39 is 10.3 Å². The summed E-state index contributed by atoms with van der Waals surface area (Å²) in [4.78, 5) is 24.4. The molecule has 1 aromatic heterocycles. The van der Waals surface area contributed by atoms with Crippen molar-refractivity contribution >= 4 is 39.8 Å². The van der Waals surface area contributed by atoms with Crippen LogP contribution in [0.1, 0.15) is 45.7 Å². The molecule has 0 spiro atoms. The van der Waals surface area contributed by atoms with Crippen LogP contribution in [0.2, 0.25) is 5.28 Å². The Morgan fingerprint density at radius 1 is 1.22 bits per heavy atom. The van der Waals surface area contributed by atoms with Crippen LogP contribution in [-0.2, 0) is 21.9 Å². The molecule has 1 aromatic carbocycles. The number of nitrogens with zero attached hydrogens (tertiary/aromatic N) is 4. The molecule has 1 amide bonds. The van der Waals surface area contributed by atoms with Gasteiger partial charge >= 0.3 is 0 Å². The molecule has 0 aliphatic carbocycles. The molecule has 1 atom stereocenters. The van der Waals surface area contributed by atoms with E-state index in [0.29, 0.717) is 19.0 Å². The van der Waals surface area contributed by atoms with Crippen LogP contribution in [0.5, 0.6) is 0 Å². The lowest BCUT2D eigenvalue weighted by atomic mass is 10.1. The highest BCUT2D eigenvalue weighted by atomic mass is 35.5. The van der Waals surface area contributed by atoms with Gasteiger partial charge in [0.2, 0.25) is 11.7 Å². The zero-order valence-corrected chi connectivity index (χ0v) is 22.1. The van der Waals surface area contributed by atoms with Crippen molar-refractivity contribution < 1.29 is 8.98 Å². The number of rotatable bonds is 10. The Morgan fingerprint density at radius 2 is 1.84 bits per heavy atom. The number of benzene rings is 1. The molecular weight excluding hydrogens is 444 g/mol. The topological polar surface area (TPSA) is 58.6 Å². The summed E-state index contributed by atoms with van der Waals surface area (Å²) in [5.41, 5.74) is 3.18. The summed E-state index contributed by atoms with van der Waals surface area (Å²) in [5, 5.41) is 0.110. The highest BCUT2D eigenvalue weighted by molar-refractivity contribution is 8.29. The largest absolute Gasteiger partial charge is 0.370 e. The molecule has 0 fully saturated rings. The van der Waals surface area contributed by atoms with Crippen molar-refractivity contribution in [1.82, 2.24) is 9.97 Å². The van der Waals surface area contributed by atoms with Gasteiger partial charge in [-0.25, -0.2) is 4.98 Å². The second kappa shape index (κ2) is 10.9. The van der Waals surface area contributed by atoms with Gasteiger partial charge in [-0.15, -0.1) is 10.3 Å². The monoisotopic (exact) mass is 480 g/mol. The maximum Gasteiger partial charge on any atom is 0.224 e. The second-order valence-electron chi connectivity index (χ2n) is 9.36. The Hall–Kier alpha value is -1.83. The molecule has 0 saturated heterocycles. The summed E-state index contributed by atoms with van der Waals surface area (Å²) in [6, 6.07) is 8.24. The predicted octanol–water partition coefficient (Wildman–Crippen LogP) is 5.47. The molecular formula is C24H37ClN4O2S. The number of aromatic nitrogens is 2. The molecule has 0 aliphatic rings. The molecule has 178 valence electrons. The molecule has 2 aromatic rings. The van der Waals surface area contributed by atoms with E-state index in [1.807, 2.05) is 14.0 Å². The van der Waals surface area contributed by atoms with E-state index in [9.17, 15) is 4.79 Å². The maximum atomic E-state index is 12.1. The number of halogens is 1. The lowest BCUT2D eigenvalue weighted by molar-refractivity contribution is -0.108. The van der Waals surface area contributed by atoms with Gasteiger partial charge in [-0.05, 0) is 55.2 Å². The van der Waals surface area contributed by atoms with Gasteiger partial charge in [0.1, 0.15) is 5.82 Å². The fourth-order valence-corrected chi connectivity index (χ4v) is 3.95. The van der Waals surface area contributed by atoms with Crippen LogP contribution in [0.15, 0.2) is 30.5 Å². The van der Waals surface area contributed by atoms with Crippen molar-refractivity contribution in [3.63, 3.8) is 0 Å². The van der Waals surface area contributed by atoms with Gasteiger partial charge in [-0.2, -0.15) is 4.98 Å². The summed E-state index contributed by atoms with van der Waals surface area (Å²) in [5.74, 6) is 0.511. The molecule has 0 saturated carbocycles. The molecule has 6 nitrogen and oxygen atoms in total. The first-order valence-electron chi connectivity index (χ1n) is 10.8. The molecule has 0 radical (unpaired) electrons. The Labute approximate surface area is 199 Å². The van der Waals surface area contributed by atoms with Gasteiger partial charge in [0.15, 0.2) is 0 Å². The normalized spacial score (nSPS) is 13.5. The number of carbonyl (C=O) groups excluding carboxylic acids is 1. The van der Waals surface area contributed by atoms with E-state index in [2.05, 4.69) is 79.3 Å². The first-order chi connectivity index (χ1) is 14.9. The van der Waals surface area contributed by atoms with Crippen LogP contribution in [0.25, 0.3) is 0 Å². The highest BCUT2D eigenvalue weighted by Gasteiger charge is 2.30. The van der Waals surface area contributed by atoms with Crippen molar-refractivity contribution in [1.29, 1.82) is 0 Å². The van der Waals surface area contributed by atoms with Crippen LogP contribution in [0, 0.1) is 0 Å². The van der Waals surface area contributed by atoms with Gasteiger partial charge in [-0.3, -0.25) is 9.69 Å². The van der Waals surface area contributed by atoms with Crippen LogP contribution in [0.4, 0.5) is 11.5 Å². The van der Waals surface area contributed by atoms with E-state index in [1.54, 1.807) is 11.1 Å². The summed E-state index contributed by atoms with van der Waals surface area (Å²) in [7, 11) is 0.701. The van der Waals surface area contributed by atoms with Crippen LogP contribution in [0.3, 0.4) is 0 Å². The number of amides is 1. The van der Waals surface area contributed by atoms with Crippen molar-refractivity contribution in [2.45, 2.75) is 58.4 Å². The van der Waals surface area contributed by atoms with Crippen LogP contribution >= 0.6 is 21.9 Å². The van der Waals surface area contributed by atoms with E-state index in [0.717, 1.165) is 24.1 Å². The summed E-state index contributed by atoms with van der Waals surface area (Å²) >= 11 is 6.11. The second-order valence-corrected chi connectivity index (χ2v) is 13.6. The van der Waals surface area contributed by atoms with Gasteiger partial charge < -0.3 is 9.08 Å².